The molecular formula is C16H17NO5. The summed E-state index contributed by atoms with van der Waals surface area (Å²) >= 11 is 0. The van der Waals surface area contributed by atoms with Crippen molar-refractivity contribution in [2.24, 2.45) is 7.05 Å². The number of ketones is 1. The van der Waals surface area contributed by atoms with Gasteiger partial charge in [-0.3, -0.25) is 4.79 Å². The number of carbonyl (C=O) groups is 3. The first kappa shape index (κ1) is 15.8. The fourth-order valence-corrected chi connectivity index (χ4v) is 2.36. The van der Waals surface area contributed by atoms with Crippen molar-refractivity contribution < 1.29 is 23.9 Å². The Morgan fingerprint density at radius 1 is 1.05 bits per heavy atom. The fourth-order valence-electron chi connectivity index (χ4n) is 2.36. The van der Waals surface area contributed by atoms with Gasteiger partial charge in [-0.25, -0.2) is 9.59 Å². The fraction of sp³-hybridized carbons (Fsp3) is 0.312. The highest BCUT2D eigenvalue weighted by Crippen LogP contribution is 2.26. The highest BCUT2D eigenvalue weighted by atomic mass is 16.5. The largest absolute Gasteiger partial charge is 0.461 e. The van der Waals surface area contributed by atoms with Crippen molar-refractivity contribution in [1.29, 1.82) is 0 Å². The Balaban J connectivity index is 2.69. The first-order chi connectivity index (χ1) is 10.5. The smallest absolute Gasteiger partial charge is 0.379 e. The van der Waals surface area contributed by atoms with Crippen molar-refractivity contribution in [2.75, 3.05) is 13.2 Å². The molecular weight excluding hydrogens is 286 g/mol. The number of nitrogens with zero attached hydrogens (tertiary/aromatic N) is 1. The third-order valence-electron chi connectivity index (χ3n) is 3.26. The van der Waals surface area contributed by atoms with E-state index < -0.39 is 17.7 Å². The van der Waals surface area contributed by atoms with Gasteiger partial charge in [0.05, 0.1) is 18.8 Å². The lowest BCUT2D eigenvalue weighted by Crippen LogP contribution is -2.21. The lowest BCUT2D eigenvalue weighted by molar-refractivity contribution is -0.137. The number of rotatable bonds is 5. The lowest BCUT2D eigenvalue weighted by atomic mass is 10.1. The molecule has 1 heterocycles. The average molecular weight is 303 g/mol. The molecule has 0 amide bonds. The molecule has 0 saturated carbocycles. The second kappa shape index (κ2) is 6.43. The van der Waals surface area contributed by atoms with Crippen LogP contribution in [0.3, 0.4) is 0 Å². The predicted octanol–water partition coefficient (Wildman–Crippen LogP) is 2.10. The van der Waals surface area contributed by atoms with Crippen molar-refractivity contribution in [1.82, 2.24) is 4.57 Å². The predicted molar refractivity (Wildman–Crippen MR) is 79.8 cm³/mol. The Kier molecular flexibility index (Phi) is 4.60. The average Bonchev–Trinajstić information content (AvgIpc) is 2.80. The maximum absolute atomic E-state index is 12.4. The van der Waals surface area contributed by atoms with E-state index in [0.29, 0.717) is 10.9 Å². The first-order valence-electron chi connectivity index (χ1n) is 6.98. The molecule has 116 valence electrons. The van der Waals surface area contributed by atoms with E-state index >= 15 is 0 Å². The summed E-state index contributed by atoms with van der Waals surface area (Å²) in [5.41, 5.74) is 0.745. The molecule has 0 aliphatic heterocycles. The van der Waals surface area contributed by atoms with E-state index in [1.807, 2.05) is 0 Å². The Hall–Kier alpha value is -2.63. The molecule has 0 N–H and O–H groups in total. The molecule has 1 aromatic carbocycles. The van der Waals surface area contributed by atoms with Gasteiger partial charge in [-0.2, -0.15) is 0 Å². The SMILES string of the molecule is CCOC(=O)C(=O)c1c(C(=O)OCC)n(C)c2ccccc12. The van der Waals surface area contributed by atoms with Crippen LogP contribution >= 0.6 is 0 Å². The van der Waals surface area contributed by atoms with E-state index in [9.17, 15) is 14.4 Å². The van der Waals surface area contributed by atoms with Gasteiger partial charge in [0.2, 0.25) is 0 Å². The molecule has 22 heavy (non-hydrogen) atoms. The van der Waals surface area contributed by atoms with Crippen LogP contribution in [0.15, 0.2) is 24.3 Å². The van der Waals surface area contributed by atoms with Gasteiger partial charge >= 0.3 is 11.9 Å². The third-order valence-corrected chi connectivity index (χ3v) is 3.26. The topological polar surface area (TPSA) is 74.6 Å². The van der Waals surface area contributed by atoms with Gasteiger partial charge < -0.3 is 14.0 Å². The Bertz CT molecular complexity index is 744. The highest BCUT2D eigenvalue weighted by Gasteiger charge is 2.30. The normalized spacial score (nSPS) is 10.5. The Morgan fingerprint density at radius 2 is 1.68 bits per heavy atom. The van der Waals surface area contributed by atoms with Crippen LogP contribution < -0.4 is 0 Å². The summed E-state index contributed by atoms with van der Waals surface area (Å²) in [6, 6.07) is 6.97. The van der Waals surface area contributed by atoms with Gasteiger partial charge in [-0.15, -0.1) is 0 Å². The molecule has 0 saturated heterocycles. The van der Waals surface area contributed by atoms with E-state index in [2.05, 4.69) is 0 Å². The summed E-state index contributed by atoms with van der Waals surface area (Å²) in [4.78, 5) is 36.4. The van der Waals surface area contributed by atoms with Gasteiger partial charge in [0.15, 0.2) is 0 Å². The van der Waals surface area contributed by atoms with Crippen LogP contribution in [0, 0.1) is 0 Å². The number of fused-ring (bicyclic) bond motifs is 1. The van der Waals surface area contributed by atoms with Crippen LogP contribution in [-0.4, -0.2) is 35.5 Å². The van der Waals surface area contributed by atoms with Crippen molar-refractivity contribution in [3.8, 4) is 0 Å². The van der Waals surface area contributed by atoms with E-state index in [0.717, 1.165) is 0 Å². The second-order valence-electron chi connectivity index (χ2n) is 4.57. The Labute approximate surface area is 127 Å². The van der Waals surface area contributed by atoms with Gasteiger partial charge in [-0.1, -0.05) is 18.2 Å². The molecule has 0 radical (unpaired) electrons. The van der Waals surface area contributed by atoms with E-state index in [-0.39, 0.29) is 24.5 Å². The highest BCUT2D eigenvalue weighted by molar-refractivity contribution is 6.44. The van der Waals surface area contributed by atoms with E-state index in [1.54, 1.807) is 49.7 Å². The molecule has 0 fully saturated rings. The quantitative estimate of drug-likeness (QED) is 0.480. The summed E-state index contributed by atoms with van der Waals surface area (Å²) in [6.45, 7) is 3.55. The summed E-state index contributed by atoms with van der Waals surface area (Å²) < 4.78 is 11.3. The summed E-state index contributed by atoms with van der Waals surface area (Å²) in [5.74, 6) is -2.47. The zero-order valence-corrected chi connectivity index (χ0v) is 12.7. The van der Waals surface area contributed by atoms with Crippen LogP contribution in [-0.2, 0) is 21.3 Å². The molecule has 0 atom stereocenters. The van der Waals surface area contributed by atoms with E-state index in [4.69, 9.17) is 9.47 Å². The molecule has 2 rings (SSSR count). The zero-order valence-electron chi connectivity index (χ0n) is 12.7. The number of aryl methyl sites for hydroxylation is 1. The second-order valence-corrected chi connectivity index (χ2v) is 4.57. The third kappa shape index (κ3) is 2.59. The van der Waals surface area contributed by atoms with Crippen molar-refractivity contribution in [3.63, 3.8) is 0 Å². The number of hydrogen-bond donors (Lipinski definition) is 0. The van der Waals surface area contributed by atoms with Crippen molar-refractivity contribution >= 4 is 28.6 Å². The van der Waals surface area contributed by atoms with Crippen LogP contribution in [0.2, 0.25) is 0 Å². The maximum atomic E-state index is 12.4. The molecule has 0 spiro atoms. The van der Waals surface area contributed by atoms with Crippen LogP contribution in [0.1, 0.15) is 34.7 Å². The van der Waals surface area contributed by atoms with Gasteiger partial charge in [-0.05, 0) is 19.9 Å². The van der Waals surface area contributed by atoms with Crippen LogP contribution in [0.5, 0.6) is 0 Å². The minimum Gasteiger partial charge on any atom is -0.461 e. The molecule has 0 unspecified atom stereocenters. The standard InChI is InChI=1S/C16H17NO5/c1-4-21-15(19)13-12(14(18)16(20)22-5-2)10-8-6-7-9-11(10)17(13)3/h6-9H,4-5H2,1-3H3. The number of para-hydroxylation sites is 1. The van der Waals surface area contributed by atoms with Crippen LogP contribution in [0.4, 0.5) is 0 Å². The number of hydrogen-bond acceptors (Lipinski definition) is 5. The van der Waals surface area contributed by atoms with Crippen molar-refractivity contribution in [3.05, 3.63) is 35.5 Å². The van der Waals surface area contributed by atoms with Crippen LogP contribution in [0.25, 0.3) is 10.9 Å². The number of Topliss-reactive ketones (excluding diaryl/α,β-unsaturated/α-hetero) is 1. The molecule has 0 bridgehead atoms. The molecule has 1 aromatic heterocycles. The number of esters is 2. The molecule has 6 nitrogen and oxygen atoms in total. The minimum atomic E-state index is -0.982. The number of ether oxygens (including phenoxy) is 2. The minimum absolute atomic E-state index is 0.0231. The zero-order chi connectivity index (χ0) is 16.3. The Morgan fingerprint density at radius 3 is 2.32 bits per heavy atom. The number of carbonyl (C=O) groups excluding carboxylic acids is 3. The lowest BCUT2D eigenvalue weighted by Gasteiger charge is -2.06. The van der Waals surface area contributed by atoms with Gasteiger partial charge in [0.25, 0.3) is 5.78 Å². The summed E-state index contributed by atoms with van der Waals surface area (Å²) in [5, 5.41) is 0.520. The molecule has 6 heteroatoms. The van der Waals surface area contributed by atoms with Gasteiger partial charge in [0.1, 0.15) is 5.69 Å². The monoisotopic (exact) mass is 303 g/mol. The summed E-state index contributed by atoms with van der Waals surface area (Å²) in [7, 11) is 1.65. The first-order valence-corrected chi connectivity index (χ1v) is 6.98. The van der Waals surface area contributed by atoms with E-state index in [1.165, 1.54) is 0 Å². The van der Waals surface area contributed by atoms with Gasteiger partial charge in [0, 0.05) is 18.0 Å². The number of aromatic nitrogens is 1. The maximum Gasteiger partial charge on any atom is 0.379 e. The molecule has 0 aliphatic rings. The van der Waals surface area contributed by atoms with Crippen molar-refractivity contribution in [2.45, 2.75) is 13.8 Å². The molecule has 2 aromatic rings. The molecule has 0 aliphatic carbocycles. The summed E-state index contributed by atoms with van der Waals surface area (Å²) in [6.07, 6.45) is 0. The number of benzene rings is 1.